The van der Waals surface area contributed by atoms with Crippen molar-refractivity contribution in [3.8, 4) is 11.5 Å². The zero-order valence-electron chi connectivity index (χ0n) is 16.0. The van der Waals surface area contributed by atoms with Gasteiger partial charge in [0, 0.05) is 19.6 Å². The number of hydrogen-bond acceptors (Lipinski definition) is 5. The highest BCUT2D eigenvalue weighted by Gasteiger charge is 2.41. The van der Waals surface area contributed by atoms with Gasteiger partial charge in [-0.05, 0) is 56.4 Å². The lowest BCUT2D eigenvalue weighted by Gasteiger charge is -2.38. The van der Waals surface area contributed by atoms with Gasteiger partial charge in [-0.25, -0.2) is 13.2 Å². The van der Waals surface area contributed by atoms with Crippen molar-refractivity contribution in [3.63, 3.8) is 0 Å². The molecule has 1 aromatic carbocycles. The molecule has 0 aliphatic carbocycles. The van der Waals surface area contributed by atoms with Gasteiger partial charge in [0.15, 0.2) is 5.37 Å². The van der Waals surface area contributed by atoms with Gasteiger partial charge in [0.05, 0.1) is 0 Å². The topological polar surface area (TPSA) is 96.4 Å². The van der Waals surface area contributed by atoms with Gasteiger partial charge in [-0.1, -0.05) is 0 Å². The minimum Gasteiger partial charge on any atom is -0.490 e. The van der Waals surface area contributed by atoms with Crippen molar-refractivity contribution >= 4 is 16.1 Å². The van der Waals surface area contributed by atoms with Crippen LogP contribution >= 0.6 is 0 Å². The second-order valence-electron chi connectivity index (χ2n) is 7.21. The summed E-state index contributed by atoms with van der Waals surface area (Å²) in [6, 6.07) is 5.01. The van der Waals surface area contributed by atoms with E-state index in [2.05, 4.69) is 4.74 Å². The first-order valence-electron chi connectivity index (χ1n) is 9.57. The molecular weight excluding hydrogens is 429 g/mol. The highest BCUT2D eigenvalue weighted by molar-refractivity contribution is 7.89. The number of amides is 1. The molecular formula is C18H23F3N2O6S. The van der Waals surface area contributed by atoms with Crippen LogP contribution in [-0.4, -0.2) is 66.3 Å². The fourth-order valence-electron chi connectivity index (χ4n) is 3.72. The molecule has 2 aliphatic heterocycles. The first-order valence-corrected chi connectivity index (χ1v) is 11.1. The number of likely N-dealkylation sites (tertiary alicyclic amines) is 1. The van der Waals surface area contributed by atoms with Gasteiger partial charge < -0.3 is 14.6 Å². The lowest BCUT2D eigenvalue weighted by atomic mass is 10.1. The molecule has 0 radical (unpaired) electrons. The molecule has 8 nitrogen and oxygen atoms in total. The molecule has 0 spiro atoms. The molecule has 1 amide bonds. The number of benzene rings is 1. The third-order valence-electron chi connectivity index (χ3n) is 5.16. The Hall–Kier alpha value is -2.21. The quantitative estimate of drug-likeness (QED) is 0.737. The normalized spacial score (nSPS) is 22.0. The standard InChI is InChI=1S/C18H23F3N2O6S/c19-18(20,21)29-15-6-4-13(5-7-15)28-14-8-11-22(12-9-14)30(26,27)16-3-1-2-10-23(16)17(24)25/h4-7,14,16H,1-3,8-12H2,(H,24,25). The van der Waals surface area contributed by atoms with Crippen LogP contribution in [-0.2, 0) is 10.0 Å². The van der Waals surface area contributed by atoms with Crippen LogP contribution in [0.2, 0.25) is 0 Å². The van der Waals surface area contributed by atoms with Crippen molar-refractivity contribution in [2.75, 3.05) is 19.6 Å². The van der Waals surface area contributed by atoms with Crippen LogP contribution in [0.25, 0.3) is 0 Å². The van der Waals surface area contributed by atoms with Crippen LogP contribution in [0.4, 0.5) is 18.0 Å². The van der Waals surface area contributed by atoms with E-state index in [9.17, 15) is 31.5 Å². The van der Waals surface area contributed by atoms with Gasteiger partial charge in [0.25, 0.3) is 0 Å². The van der Waals surface area contributed by atoms with E-state index in [1.165, 1.54) is 16.4 Å². The molecule has 0 aromatic heterocycles. The number of ether oxygens (including phenoxy) is 2. The first kappa shape index (κ1) is 22.5. The van der Waals surface area contributed by atoms with Crippen LogP contribution in [0, 0.1) is 0 Å². The summed E-state index contributed by atoms with van der Waals surface area (Å²) in [5.74, 6) is 0.00129. The van der Waals surface area contributed by atoms with E-state index in [0.717, 1.165) is 17.0 Å². The van der Waals surface area contributed by atoms with Crippen LogP contribution < -0.4 is 9.47 Å². The summed E-state index contributed by atoms with van der Waals surface area (Å²) in [7, 11) is -3.80. The summed E-state index contributed by atoms with van der Waals surface area (Å²) in [6.45, 7) is 0.575. The molecule has 2 saturated heterocycles. The van der Waals surface area contributed by atoms with Gasteiger partial charge >= 0.3 is 12.5 Å². The SMILES string of the molecule is O=C(O)N1CCCCC1S(=O)(=O)N1CCC(Oc2ccc(OC(F)(F)F)cc2)CC1. The highest BCUT2D eigenvalue weighted by atomic mass is 32.2. The minimum atomic E-state index is -4.77. The van der Waals surface area contributed by atoms with Gasteiger partial charge in [-0.3, -0.25) is 4.90 Å². The fourth-order valence-corrected chi connectivity index (χ4v) is 5.76. The molecule has 168 valence electrons. The number of halogens is 3. The molecule has 30 heavy (non-hydrogen) atoms. The average Bonchev–Trinajstić information content (AvgIpc) is 2.69. The first-order chi connectivity index (χ1) is 14.1. The Morgan fingerprint density at radius 2 is 1.60 bits per heavy atom. The van der Waals surface area contributed by atoms with Crippen molar-refractivity contribution in [1.29, 1.82) is 0 Å². The lowest BCUT2D eigenvalue weighted by Crippen LogP contribution is -2.54. The summed E-state index contributed by atoms with van der Waals surface area (Å²) in [6.07, 6.45) is -3.96. The largest absolute Gasteiger partial charge is 0.573 e. The van der Waals surface area contributed by atoms with Gasteiger partial charge in [0.1, 0.15) is 17.6 Å². The zero-order chi connectivity index (χ0) is 21.9. The molecule has 1 unspecified atom stereocenters. The monoisotopic (exact) mass is 452 g/mol. The summed E-state index contributed by atoms with van der Waals surface area (Å²) in [4.78, 5) is 12.4. The number of nitrogens with zero attached hydrogens (tertiary/aromatic N) is 2. The number of alkyl halides is 3. The van der Waals surface area contributed by atoms with E-state index >= 15 is 0 Å². The Bertz CT molecular complexity index is 838. The third kappa shape index (κ3) is 5.48. The Morgan fingerprint density at radius 3 is 2.17 bits per heavy atom. The maximum absolute atomic E-state index is 12.9. The third-order valence-corrected chi connectivity index (χ3v) is 7.42. The number of sulfonamides is 1. The van der Waals surface area contributed by atoms with Crippen molar-refractivity contribution in [2.45, 2.75) is 49.9 Å². The molecule has 1 atom stereocenters. The van der Waals surface area contributed by atoms with Crippen LogP contribution in [0.3, 0.4) is 0 Å². The summed E-state index contributed by atoms with van der Waals surface area (Å²) >= 11 is 0. The van der Waals surface area contributed by atoms with Crippen LogP contribution in [0.1, 0.15) is 32.1 Å². The van der Waals surface area contributed by atoms with Crippen molar-refractivity contribution < 1.29 is 41.0 Å². The van der Waals surface area contributed by atoms with E-state index in [-0.39, 0.29) is 37.9 Å². The van der Waals surface area contributed by atoms with E-state index < -0.39 is 27.9 Å². The Morgan fingerprint density at radius 1 is 1.00 bits per heavy atom. The van der Waals surface area contributed by atoms with Crippen LogP contribution in [0.15, 0.2) is 24.3 Å². The molecule has 2 fully saturated rings. The summed E-state index contributed by atoms with van der Waals surface area (Å²) in [5.41, 5.74) is 0. The second-order valence-corrected chi connectivity index (χ2v) is 9.30. The Kier molecular flexibility index (Phi) is 6.65. The average molecular weight is 452 g/mol. The van der Waals surface area contributed by atoms with Crippen molar-refractivity contribution in [2.24, 2.45) is 0 Å². The lowest BCUT2D eigenvalue weighted by molar-refractivity contribution is -0.274. The molecule has 1 N–H and O–H groups in total. The smallest absolute Gasteiger partial charge is 0.490 e. The van der Waals surface area contributed by atoms with Crippen molar-refractivity contribution in [1.82, 2.24) is 9.21 Å². The molecule has 12 heteroatoms. The van der Waals surface area contributed by atoms with E-state index in [0.29, 0.717) is 31.4 Å². The highest BCUT2D eigenvalue weighted by Crippen LogP contribution is 2.29. The predicted octanol–water partition coefficient (Wildman–Crippen LogP) is 3.25. The molecule has 2 aliphatic rings. The number of rotatable bonds is 5. The molecule has 3 rings (SSSR count). The Labute approximate surface area is 172 Å². The maximum Gasteiger partial charge on any atom is 0.573 e. The zero-order valence-corrected chi connectivity index (χ0v) is 16.9. The van der Waals surface area contributed by atoms with E-state index in [1.54, 1.807) is 0 Å². The molecule has 2 heterocycles. The fraction of sp³-hybridized carbons (Fsp3) is 0.611. The van der Waals surface area contributed by atoms with E-state index in [1.807, 2.05) is 0 Å². The van der Waals surface area contributed by atoms with Crippen LogP contribution in [0.5, 0.6) is 11.5 Å². The van der Waals surface area contributed by atoms with Gasteiger partial charge in [-0.2, -0.15) is 4.31 Å². The molecule has 0 saturated carbocycles. The molecule has 0 bridgehead atoms. The minimum absolute atomic E-state index is 0.187. The summed E-state index contributed by atoms with van der Waals surface area (Å²) < 4.78 is 73.4. The van der Waals surface area contributed by atoms with Gasteiger partial charge in [-0.15, -0.1) is 13.2 Å². The number of piperidine rings is 2. The maximum atomic E-state index is 12.9. The number of carboxylic acid groups (broad SMARTS) is 1. The second kappa shape index (κ2) is 8.88. The number of carbonyl (C=O) groups is 1. The molecule has 1 aromatic rings. The Balaban J connectivity index is 1.56. The predicted molar refractivity (Wildman–Crippen MR) is 99.6 cm³/mol. The van der Waals surface area contributed by atoms with E-state index in [4.69, 9.17) is 4.74 Å². The number of hydrogen-bond donors (Lipinski definition) is 1. The van der Waals surface area contributed by atoms with Crippen molar-refractivity contribution in [3.05, 3.63) is 24.3 Å². The van der Waals surface area contributed by atoms with Gasteiger partial charge in [0.2, 0.25) is 10.0 Å². The summed E-state index contributed by atoms with van der Waals surface area (Å²) in [5, 5.41) is 8.24.